The van der Waals surface area contributed by atoms with Crippen LogP contribution in [0.5, 0.6) is 5.75 Å². The van der Waals surface area contributed by atoms with Crippen molar-refractivity contribution in [3.8, 4) is 11.4 Å². The van der Waals surface area contributed by atoms with Gasteiger partial charge in [0, 0.05) is 35.6 Å². The first-order valence-corrected chi connectivity index (χ1v) is 20.1. The van der Waals surface area contributed by atoms with Gasteiger partial charge in [-0.3, -0.25) is 14.1 Å². The number of aromatic nitrogens is 5. The zero-order valence-electron chi connectivity index (χ0n) is 32.5. The second-order valence-corrected chi connectivity index (χ2v) is 16.7. The highest BCUT2D eigenvalue weighted by molar-refractivity contribution is 6.31. The number of amides is 2. The Morgan fingerprint density at radius 1 is 0.964 bits per heavy atom. The van der Waals surface area contributed by atoms with Gasteiger partial charge in [0.1, 0.15) is 11.9 Å². The highest BCUT2D eigenvalue weighted by atomic mass is 35.5. The first-order valence-electron chi connectivity index (χ1n) is 19.8. The van der Waals surface area contributed by atoms with E-state index in [1.807, 2.05) is 86.0 Å². The van der Waals surface area contributed by atoms with Crippen LogP contribution < -0.4 is 20.0 Å². The molecule has 2 aromatic carbocycles. The molecule has 8 rings (SSSR count). The minimum Gasteiger partial charge on any atom is -0.484 e. The lowest BCUT2D eigenvalue weighted by Gasteiger charge is -2.34. The van der Waals surface area contributed by atoms with E-state index in [4.69, 9.17) is 26.3 Å². The lowest BCUT2D eigenvalue weighted by Crippen LogP contribution is -2.43. The number of carbonyl (C=O) groups excluding carboxylic acids is 2. The number of pyridine rings is 1. The molecule has 3 aliphatic rings. The van der Waals surface area contributed by atoms with Gasteiger partial charge < -0.3 is 19.8 Å². The molecule has 14 heteroatoms. The number of carbonyl (C=O) groups is 2. The summed E-state index contributed by atoms with van der Waals surface area (Å²) in [7, 11) is 0. The number of halogens is 1. The molecule has 3 atom stereocenters. The molecule has 13 nitrogen and oxygen atoms in total. The molecule has 56 heavy (non-hydrogen) atoms. The summed E-state index contributed by atoms with van der Waals surface area (Å²) in [6.07, 6.45) is 8.79. The SMILES string of the molecule is C[C@H]1CCCCN1c1nnc2ccc(O[C@@H]3CC[C@H](NC(=O)N(OC=O)c4cc(C(C)(C)C)nn4-c4ccc(Cl)c(CN5CCCC5)c4)c4ccccc43)cn12. The number of likely N-dealkylation sites (tertiary alicyclic amines) is 1. The fourth-order valence-electron chi connectivity index (χ4n) is 8.23. The van der Waals surface area contributed by atoms with E-state index in [0.717, 1.165) is 71.5 Å². The minimum atomic E-state index is -0.596. The number of hydrogen-bond donors (Lipinski definition) is 1. The van der Waals surface area contributed by atoms with Crippen LogP contribution in [0.2, 0.25) is 5.02 Å². The van der Waals surface area contributed by atoms with E-state index in [-0.39, 0.29) is 24.0 Å². The van der Waals surface area contributed by atoms with Crippen LogP contribution in [0.4, 0.5) is 16.6 Å². The lowest BCUT2D eigenvalue weighted by atomic mass is 9.85. The van der Waals surface area contributed by atoms with Gasteiger partial charge in [-0.15, -0.1) is 15.3 Å². The summed E-state index contributed by atoms with van der Waals surface area (Å²) in [5.41, 5.74) is 4.71. The van der Waals surface area contributed by atoms with Gasteiger partial charge in [-0.05, 0) is 112 Å². The molecule has 2 aliphatic heterocycles. The van der Waals surface area contributed by atoms with Crippen molar-refractivity contribution >= 4 is 41.5 Å². The lowest BCUT2D eigenvalue weighted by molar-refractivity contribution is -0.129. The molecule has 0 unspecified atom stereocenters. The van der Waals surface area contributed by atoms with E-state index in [1.165, 1.54) is 19.3 Å². The van der Waals surface area contributed by atoms with Gasteiger partial charge in [-0.25, -0.2) is 9.48 Å². The van der Waals surface area contributed by atoms with Crippen molar-refractivity contribution in [3.63, 3.8) is 0 Å². The fourth-order valence-corrected chi connectivity index (χ4v) is 8.41. The molecule has 2 fully saturated rings. The molecular formula is C42H50ClN9O4. The van der Waals surface area contributed by atoms with Crippen molar-refractivity contribution in [2.75, 3.05) is 29.6 Å². The monoisotopic (exact) mass is 779 g/mol. The quantitative estimate of drug-likeness (QED) is 0.111. The predicted molar refractivity (Wildman–Crippen MR) is 215 cm³/mol. The summed E-state index contributed by atoms with van der Waals surface area (Å²) in [6.45, 7) is 12.4. The van der Waals surface area contributed by atoms with Gasteiger partial charge in [-0.2, -0.15) is 5.10 Å². The number of urea groups is 1. The van der Waals surface area contributed by atoms with Crippen LogP contribution in [0.25, 0.3) is 11.3 Å². The molecule has 1 aliphatic carbocycles. The van der Waals surface area contributed by atoms with Gasteiger partial charge in [-0.1, -0.05) is 56.6 Å². The van der Waals surface area contributed by atoms with Crippen molar-refractivity contribution in [1.29, 1.82) is 0 Å². The highest BCUT2D eigenvalue weighted by Gasteiger charge is 2.34. The van der Waals surface area contributed by atoms with Crippen molar-refractivity contribution < 1.29 is 19.2 Å². The molecule has 0 spiro atoms. The average Bonchev–Trinajstić information content (AvgIpc) is 3.97. The molecule has 5 heterocycles. The summed E-state index contributed by atoms with van der Waals surface area (Å²) in [5.74, 6) is 1.84. The molecule has 2 amide bonds. The largest absolute Gasteiger partial charge is 0.484 e. The van der Waals surface area contributed by atoms with Crippen LogP contribution in [0.1, 0.15) is 107 Å². The Bertz CT molecular complexity index is 2210. The number of benzene rings is 2. The number of hydroxylamine groups is 1. The van der Waals surface area contributed by atoms with Gasteiger partial charge in [0.05, 0.1) is 23.6 Å². The molecule has 5 aromatic rings. The molecular weight excluding hydrogens is 730 g/mol. The third-order valence-corrected chi connectivity index (χ3v) is 11.7. The van der Waals surface area contributed by atoms with Crippen LogP contribution in [0.15, 0.2) is 66.9 Å². The molecule has 1 N–H and O–H groups in total. The topological polar surface area (TPSA) is 122 Å². The predicted octanol–water partition coefficient (Wildman–Crippen LogP) is 8.10. The van der Waals surface area contributed by atoms with E-state index >= 15 is 0 Å². The van der Waals surface area contributed by atoms with Gasteiger partial charge in [0.2, 0.25) is 5.95 Å². The van der Waals surface area contributed by atoms with Crippen molar-refractivity contribution in [2.24, 2.45) is 0 Å². The first kappa shape index (κ1) is 37.8. The van der Waals surface area contributed by atoms with Crippen molar-refractivity contribution in [3.05, 3.63) is 94.3 Å². The Kier molecular flexibility index (Phi) is 10.6. The third-order valence-electron chi connectivity index (χ3n) is 11.3. The molecule has 0 radical (unpaired) electrons. The summed E-state index contributed by atoms with van der Waals surface area (Å²) >= 11 is 6.69. The summed E-state index contributed by atoms with van der Waals surface area (Å²) in [6, 6.07) is 18.8. The van der Waals surface area contributed by atoms with Gasteiger partial charge in [0.25, 0.3) is 0 Å². The maximum Gasteiger partial charge on any atom is 0.357 e. The fraction of sp³-hybridized carbons (Fsp3) is 0.452. The second kappa shape index (κ2) is 15.8. The third kappa shape index (κ3) is 7.66. The summed E-state index contributed by atoms with van der Waals surface area (Å²) in [4.78, 5) is 36.5. The Balaban J connectivity index is 1.05. The summed E-state index contributed by atoms with van der Waals surface area (Å²) < 4.78 is 10.4. The maximum atomic E-state index is 14.3. The molecule has 3 aromatic heterocycles. The number of hydrogen-bond acceptors (Lipinski definition) is 9. The van der Waals surface area contributed by atoms with E-state index in [0.29, 0.717) is 47.7 Å². The zero-order chi connectivity index (χ0) is 39.0. The number of anilines is 2. The standard InChI is InChI=1S/C42H50ClN9O4/c1-28-11-7-8-22-49(28)40-46-45-38-19-15-31(26-50(38)40)56-36-18-17-35(32-12-5-6-13-33(32)36)44-41(54)52(55-27-53)39-24-37(42(2,3)4)47-51(39)30-14-16-34(43)29(23-30)25-48-20-9-10-21-48/h5-6,12-16,19,23-24,26-28,35-36H,7-11,17-18,20-22,25H2,1-4H3,(H,44,54)/t28-,35-,36+/m0/s1. The van der Waals surface area contributed by atoms with Crippen molar-refractivity contribution in [1.82, 2.24) is 34.6 Å². The highest BCUT2D eigenvalue weighted by Crippen LogP contribution is 2.40. The van der Waals surface area contributed by atoms with Crippen LogP contribution in [0, 0.1) is 0 Å². The first-order chi connectivity index (χ1) is 27.1. The van der Waals surface area contributed by atoms with Crippen LogP contribution in [-0.2, 0) is 21.6 Å². The van der Waals surface area contributed by atoms with Crippen LogP contribution >= 0.6 is 11.6 Å². The molecule has 0 saturated carbocycles. The Morgan fingerprint density at radius 3 is 2.52 bits per heavy atom. The van der Waals surface area contributed by atoms with Crippen LogP contribution in [-0.4, -0.2) is 67.5 Å². The molecule has 294 valence electrons. The number of fused-ring (bicyclic) bond motifs is 2. The Hall–Kier alpha value is -5.14. The zero-order valence-corrected chi connectivity index (χ0v) is 33.3. The number of nitrogens with one attached hydrogen (secondary N) is 1. The number of nitrogens with zero attached hydrogens (tertiary/aromatic N) is 8. The Morgan fingerprint density at radius 2 is 1.75 bits per heavy atom. The normalized spacial score (nSPS) is 20.2. The van der Waals surface area contributed by atoms with E-state index in [1.54, 1.807) is 10.7 Å². The maximum absolute atomic E-state index is 14.3. The second-order valence-electron chi connectivity index (χ2n) is 16.3. The molecule has 0 bridgehead atoms. The van der Waals surface area contributed by atoms with Gasteiger partial charge in [0.15, 0.2) is 11.5 Å². The average molecular weight is 780 g/mol. The number of ether oxygens (including phenoxy) is 1. The van der Waals surface area contributed by atoms with Crippen molar-refractivity contribution in [2.45, 2.75) is 103 Å². The number of piperidine rings is 1. The van der Waals surface area contributed by atoms with E-state index < -0.39 is 6.03 Å². The summed E-state index contributed by atoms with van der Waals surface area (Å²) in [5, 5.41) is 18.7. The Labute approximate surface area is 332 Å². The van der Waals surface area contributed by atoms with E-state index in [9.17, 15) is 9.59 Å². The van der Waals surface area contributed by atoms with Gasteiger partial charge >= 0.3 is 12.5 Å². The van der Waals surface area contributed by atoms with Crippen LogP contribution in [0.3, 0.4) is 0 Å². The molecule has 2 saturated heterocycles. The smallest absolute Gasteiger partial charge is 0.357 e. The number of rotatable bonds is 10. The minimum absolute atomic E-state index is 0.247. The van der Waals surface area contributed by atoms with E-state index in [2.05, 4.69) is 32.2 Å².